The lowest BCUT2D eigenvalue weighted by atomic mass is 10.1. The van der Waals surface area contributed by atoms with Gasteiger partial charge in [0.05, 0.1) is 21.3 Å². The molecule has 1 heterocycles. The molecule has 0 aliphatic heterocycles. The zero-order valence-corrected chi connectivity index (χ0v) is 18.1. The van der Waals surface area contributed by atoms with E-state index in [4.69, 9.17) is 19.3 Å². The molecule has 0 amide bonds. The normalized spacial score (nSPS) is 10.6. The number of nitrogens with zero attached hydrogens (tertiary/aromatic N) is 2. The van der Waals surface area contributed by atoms with E-state index in [0.717, 1.165) is 16.3 Å². The molecule has 0 saturated heterocycles. The van der Waals surface area contributed by atoms with Crippen molar-refractivity contribution in [3.05, 3.63) is 72.5 Å². The molecule has 0 radical (unpaired) electrons. The third-order valence-electron chi connectivity index (χ3n) is 4.61. The molecule has 0 bridgehead atoms. The molecule has 0 aliphatic carbocycles. The number of anilines is 2. The topological polar surface area (TPSA) is 56.5 Å². The molecular formula is C23H21FN3O3S+. The van der Waals surface area contributed by atoms with Gasteiger partial charge in [-0.05, 0) is 52.4 Å². The molecule has 3 aromatic carbocycles. The molecule has 0 saturated carbocycles. The molecule has 0 unspecified atom stereocenters. The van der Waals surface area contributed by atoms with Crippen molar-refractivity contribution in [2.75, 3.05) is 26.6 Å². The van der Waals surface area contributed by atoms with E-state index in [0.29, 0.717) is 28.1 Å². The number of rotatable bonds is 7. The van der Waals surface area contributed by atoms with Crippen molar-refractivity contribution in [2.45, 2.75) is 0 Å². The molecule has 1 N–H and O–H groups in total. The van der Waals surface area contributed by atoms with Gasteiger partial charge >= 0.3 is 5.01 Å². The molecule has 6 nitrogen and oxygen atoms in total. The highest BCUT2D eigenvalue weighted by Gasteiger charge is 2.30. The first-order valence-corrected chi connectivity index (χ1v) is 10.3. The quantitative estimate of drug-likeness (QED) is 0.412. The van der Waals surface area contributed by atoms with E-state index >= 15 is 0 Å². The Morgan fingerprint density at radius 1 is 0.839 bits per heavy atom. The highest BCUT2D eigenvalue weighted by molar-refractivity contribution is 7.18. The minimum Gasteiger partial charge on any atom is -0.493 e. The minimum absolute atomic E-state index is 0.313. The summed E-state index contributed by atoms with van der Waals surface area (Å²) >= 11 is 1.44. The van der Waals surface area contributed by atoms with Gasteiger partial charge in [0.15, 0.2) is 11.5 Å². The van der Waals surface area contributed by atoms with Gasteiger partial charge in [0.2, 0.25) is 11.4 Å². The Morgan fingerprint density at radius 2 is 1.55 bits per heavy atom. The molecule has 158 valence electrons. The van der Waals surface area contributed by atoms with Crippen molar-refractivity contribution >= 4 is 22.2 Å². The summed E-state index contributed by atoms with van der Waals surface area (Å²) < 4.78 is 31.9. The van der Waals surface area contributed by atoms with E-state index in [2.05, 4.69) is 5.32 Å². The number of halogens is 1. The number of para-hydroxylation sites is 1. The average molecular weight is 439 g/mol. The Labute approximate surface area is 183 Å². The van der Waals surface area contributed by atoms with E-state index < -0.39 is 0 Å². The number of hydrogen-bond acceptors (Lipinski definition) is 6. The van der Waals surface area contributed by atoms with Crippen molar-refractivity contribution in [3.8, 4) is 33.5 Å². The highest BCUT2D eigenvalue weighted by Crippen LogP contribution is 2.45. The predicted octanol–water partition coefficient (Wildman–Crippen LogP) is 5.00. The van der Waals surface area contributed by atoms with Gasteiger partial charge in [0.1, 0.15) is 11.4 Å². The molecule has 8 heteroatoms. The van der Waals surface area contributed by atoms with Gasteiger partial charge in [-0.1, -0.05) is 18.2 Å². The van der Waals surface area contributed by atoms with Crippen LogP contribution in [0.25, 0.3) is 16.3 Å². The van der Waals surface area contributed by atoms with E-state index in [9.17, 15) is 4.39 Å². The van der Waals surface area contributed by atoms with Crippen LogP contribution in [0.3, 0.4) is 0 Å². The minimum atomic E-state index is -0.313. The lowest BCUT2D eigenvalue weighted by molar-refractivity contribution is -0.642. The van der Waals surface area contributed by atoms with Crippen LogP contribution >= 0.6 is 11.3 Å². The van der Waals surface area contributed by atoms with Crippen molar-refractivity contribution in [1.82, 2.24) is 5.10 Å². The lowest BCUT2D eigenvalue weighted by Crippen LogP contribution is -2.34. The number of ether oxygens (including phenoxy) is 3. The van der Waals surface area contributed by atoms with Gasteiger partial charge in [0, 0.05) is 22.9 Å². The summed E-state index contributed by atoms with van der Waals surface area (Å²) in [5.74, 6) is 1.25. The van der Waals surface area contributed by atoms with Gasteiger partial charge in [-0.2, -0.15) is 0 Å². The fourth-order valence-electron chi connectivity index (χ4n) is 3.18. The van der Waals surface area contributed by atoms with E-state index in [1.165, 1.54) is 23.5 Å². The predicted molar refractivity (Wildman–Crippen MR) is 118 cm³/mol. The first-order chi connectivity index (χ1) is 15.1. The summed E-state index contributed by atoms with van der Waals surface area (Å²) in [6.45, 7) is 0. The number of methoxy groups -OCH3 is 3. The SMILES string of the molecule is COc1ccc(-c2sc(Nc3ccccc3)n[n+]2-c2ccc(F)cc2)c(OC)c1OC. The number of nitrogens with one attached hydrogen (secondary N) is 1. The van der Waals surface area contributed by atoms with Gasteiger partial charge in [0.25, 0.3) is 5.13 Å². The monoisotopic (exact) mass is 438 g/mol. The largest absolute Gasteiger partial charge is 0.493 e. The Hall–Kier alpha value is -3.65. The first-order valence-electron chi connectivity index (χ1n) is 9.45. The van der Waals surface area contributed by atoms with Crippen LogP contribution < -0.4 is 24.2 Å². The van der Waals surface area contributed by atoms with Crippen LogP contribution in [0.5, 0.6) is 17.2 Å². The molecule has 1 aromatic heterocycles. The van der Waals surface area contributed by atoms with Crippen LogP contribution in [0, 0.1) is 5.82 Å². The van der Waals surface area contributed by atoms with Crippen molar-refractivity contribution in [2.24, 2.45) is 0 Å². The van der Waals surface area contributed by atoms with E-state index in [1.54, 1.807) is 38.1 Å². The molecule has 0 spiro atoms. The summed E-state index contributed by atoms with van der Waals surface area (Å²) in [6.07, 6.45) is 0. The second-order valence-corrected chi connectivity index (χ2v) is 7.45. The number of aromatic nitrogens is 2. The number of hydrogen-bond donors (Lipinski definition) is 1. The van der Waals surface area contributed by atoms with Gasteiger partial charge in [-0.25, -0.2) is 4.39 Å². The number of benzene rings is 3. The van der Waals surface area contributed by atoms with Crippen LogP contribution in [-0.4, -0.2) is 26.4 Å². The van der Waals surface area contributed by atoms with Crippen molar-refractivity contribution in [3.63, 3.8) is 0 Å². The van der Waals surface area contributed by atoms with Gasteiger partial charge in [-0.3, -0.25) is 0 Å². The van der Waals surface area contributed by atoms with Crippen LogP contribution in [0.2, 0.25) is 0 Å². The summed E-state index contributed by atoms with van der Waals surface area (Å²) in [4.78, 5) is 0. The maximum absolute atomic E-state index is 13.5. The Balaban J connectivity index is 1.89. The second-order valence-electron chi connectivity index (χ2n) is 6.47. The standard InChI is InChI=1S/C23H21FN3O3S/c1-28-19-14-13-18(20(29-2)21(19)30-3)22-27(17-11-9-15(24)10-12-17)26-23(31-22)25-16-7-5-4-6-8-16/h4-14H,1-3H3,(H,25,26)/q+1. The Kier molecular flexibility index (Phi) is 5.99. The van der Waals surface area contributed by atoms with Gasteiger partial charge < -0.3 is 19.5 Å². The lowest BCUT2D eigenvalue weighted by Gasteiger charge is -2.13. The molecule has 0 atom stereocenters. The molecule has 31 heavy (non-hydrogen) atoms. The smallest absolute Gasteiger partial charge is 0.308 e. The third-order valence-corrected chi connectivity index (χ3v) is 5.57. The van der Waals surface area contributed by atoms with Gasteiger partial charge in [-0.15, -0.1) is 0 Å². The van der Waals surface area contributed by atoms with Crippen molar-refractivity contribution in [1.29, 1.82) is 0 Å². The fourth-order valence-corrected chi connectivity index (χ4v) is 4.16. The zero-order chi connectivity index (χ0) is 21.8. The van der Waals surface area contributed by atoms with Crippen LogP contribution in [0.4, 0.5) is 15.2 Å². The van der Waals surface area contributed by atoms with Crippen LogP contribution in [-0.2, 0) is 0 Å². The third kappa shape index (κ3) is 4.15. The zero-order valence-electron chi connectivity index (χ0n) is 17.3. The summed E-state index contributed by atoms with van der Waals surface area (Å²) in [6, 6.07) is 19.6. The summed E-state index contributed by atoms with van der Waals surface area (Å²) in [5.41, 5.74) is 2.39. The van der Waals surface area contributed by atoms with Crippen LogP contribution in [0.15, 0.2) is 66.7 Å². The fraction of sp³-hybridized carbons (Fsp3) is 0.130. The Morgan fingerprint density at radius 3 is 2.19 bits per heavy atom. The van der Waals surface area contributed by atoms with E-state index in [1.807, 2.05) is 42.5 Å². The summed E-state index contributed by atoms with van der Waals surface area (Å²) in [5, 5.41) is 9.50. The van der Waals surface area contributed by atoms with Crippen molar-refractivity contribution < 1.29 is 23.3 Å². The molecule has 4 aromatic rings. The maximum atomic E-state index is 13.5. The molecule has 0 fully saturated rings. The Bertz CT molecular complexity index is 1180. The summed E-state index contributed by atoms with van der Waals surface area (Å²) in [7, 11) is 4.71. The van der Waals surface area contributed by atoms with E-state index in [-0.39, 0.29) is 5.82 Å². The highest BCUT2D eigenvalue weighted by atomic mass is 32.1. The first kappa shape index (κ1) is 20.6. The molecule has 0 aliphatic rings. The molecule has 4 rings (SSSR count). The van der Waals surface area contributed by atoms with Crippen LogP contribution in [0.1, 0.15) is 0 Å². The second kappa shape index (κ2) is 9.01. The molecular weight excluding hydrogens is 417 g/mol. The average Bonchev–Trinajstić information content (AvgIpc) is 3.22. The maximum Gasteiger partial charge on any atom is 0.308 e.